The molecule has 0 bridgehead atoms. The van der Waals surface area contributed by atoms with Crippen LogP contribution in [0.4, 0.5) is 0 Å². The van der Waals surface area contributed by atoms with Gasteiger partial charge in [-0.05, 0) is 56.8 Å². The Morgan fingerprint density at radius 1 is 1.35 bits per heavy atom. The minimum Gasteiger partial charge on any atom is -0.317 e. The number of hydrogen-bond acceptors (Lipinski definition) is 3. The molecule has 1 aliphatic rings. The third-order valence-electron chi connectivity index (χ3n) is 3.94. The highest BCUT2D eigenvalue weighted by molar-refractivity contribution is 6.30. The molecule has 4 nitrogen and oxygen atoms in total. The fourth-order valence-corrected chi connectivity index (χ4v) is 2.94. The highest BCUT2D eigenvalue weighted by Crippen LogP contribution is 2.18. The average molecular weight is 292 g/mol. The largest absolute Gasteiger partial charge is 0.317 e. The summed E-state index contributed by atoms with van der Waals surface area (Å²) in [5, 5.41) is 3.92. The number of aryl methyl sites for hydroxylation is 1. The maximum absolute atomic E-state index is 12.1. The smallest absolute Gasteiger partial charge is 0.258 e. The van der Waals surface area contributed by atoms with Gasteiger partial charge in [0.2, 0.25) is 0 Å². The van der Waals surface area contributed by atoms with Crippen molar-refractivity contribution in [2.24, 2.45) is 5.92 Å². The van der Waals surface area contributed by atoms with Crippen molar-refractivity contribution in [2.45, 2.75) is 25.7 Å². The lowest BCUT2D eigenvalue weighted by Crippen LogP contribution is -2.28. The number of nitrogens with zero attached hydrogens (tertiary/aromatic N) is 2. The first-order chi connectivity index (χ1) is 9.72. The predicted molar refractivity (Wildman–Crippen MR) is 80.4 cm³/mol. The van der Waals surface area contributed by atoms with Crippen LogP contribution >= 0.6 is 11.6 Å². The molecule has 0 saturated carbocycles. The molecule has 0 atom stereocenters. The SMILES string of the molecule is O=c1cc(CCC2CCNCC2)nc2ccc(Cl)cn12. The van der Waals surface area contributed by atoms with Crippen LogP contribution in [0.3, 0.4) is 0 Å². The van der Waals surface area contributed by atoms with Crippen LogP contribution in [0.2, 0.25) is 5.02 Å². The second-order valence-electron chi connectivity index (χ2n) is 5.39. The normalized spacial score (nSPS) is 16.6. The number of piperidine rings is 1. The van der Waals surface area contributed by atoms with Gasteiger partial charge in [0.1, 0.15) is 5.65 Å². The van der Waals surface area contributed by atoms with Gasteiger partial charge in [0.25, 0.3) is 5.56 Å². The Kier molecular flexibility index (Phi) is 4.03. The van der Waals surface area contributed by atoms with Gasteiger partial charge in [-0.1, -0.05) is 11.6 Å². The number of halogens is 1. The van der Waals surface area contributed by atoms with Crippen LogP contribution in [-0.2, 0) is 6.42 Å². The van der Waals surface area contributed by atoms with Crippen LogP contribution < -0.4 is 10.9 Å². The van der Waals surface area contributed by atoms with Crippen molar-refractivity contribution in [2.75, 3.05) is 13.1 Å². The van der Waals surface area contributed by atoms with E-state index in [9.17, 15) is 4.79 Å². The second kappa shape index (κ2) is 5.94. The summed E-state index contributed by atoms with van der Waals surface area (Å²) in [5.41, 5.74) is 1.50. The Balaban J connectivity index is 1.78. The Morgan fingerprint density at radius 2 is 2.15 bits per heavy atom. The first-order valence-corrected chi connectivity index (χ1v) is 7.49. The van der Waals surface area contributed by atoms with E-state index in [-0.39, 0.29) is 5.56 Å². The third kappa shape index (κ3) is 3.02. The van der Waals surface area contributed by atoms with Gasteiger partial charge in [0, 0.05) is 18.0 Å². The number of aromatic nitrogens is 2. The Bertz CT molecular complexity index is 662. The molecule has 0 spiro atoms. The van der Waals surface area contributed by atoms with Crippen molar-refractivity contribution in [3.05, 3.63) is 45.5 Å². The van der Waals surface area contributed by atoms with Crippen LogP contribution in [0.15, 0.2) is 29.2 Å². The van der Waals surface area contributed by atoms with Crippen LogP contribution in [0, 0.1) is 5.92 Å². The van der Waals surface area contributed by atoms with E-state index in [0.717, 1.165) is 37.5 Å². The van der Waals surface area contributed by atoms with Crippen molar-refractivity contribution in [3.63, 3.8) is 0 Å². The van der Waals surface area contributed by atoms with Gasteiger partial charge in [-0.2, -0.15) is 0 Å². The molecular formula is C15H18ClN3O. The lowest BCUT2D eigenvalue weighted by molar-refractivity contribution is 0.353. The summed E-state index contributed by atoms with van der Waals surface area (Å²) in [6.45, 7) is 2.22. The maximum Gasteiger partial charge on any atom is 0.258 e. The van der Waals surface area contributed by atoms with Gasteiger partial charge < -0.3 is 5.32 Å². The lowest BCUT2D eigenvalue weighted by Gasteiger charge is -2.22. The zero-order valence-electron chi connectivity index (χ0n) is 11.3. The number of fused-ring (bicyclic) bond motifs is 1. The van der Waals surface area contributed by atoms with E-state index in [1.54, 1.807) is 24.4 Å². The van der Waals surface area contributed by atoms with Crippen molar-refractivity contribution in [3.8, 4) is 0 Å². The number of nitrogens with one attached hydrogen (secondary N) is 1. The van der Waals surface area contributed by atoms with Crippen LogP contribution in [0.5, 0.6) is 0 Å². The highest BCUT2D eigenvalue weighted by atomic mass is 35.5. The van der Waals surface area contributed by atoms with Crippen molar-refractivity contribution >= 4 is 17.2 Å². The Morgan fingerprint density at radius 3 is 2.95 bits per heavy atom. The van der Waals surface area contributed by atoms with E-state index in [1.165, 1.54) is 17.2 Å². The van der Waals surface area contributed by atoms with E-state index < -0.39 is 0 Å². The summed E-state index contributed by atoms with van der Waals surface area (Å²) in [5.74, 6) is 0.752. The molecule has 0 radical (unpaired) electrons. The number of rotatable bonds is 3. The first kappa shape index (κ1) is 13.6. The van der Waals surface area contributed by atoms with E-state index in [4.69, 9.17) is 11.6 Å². The monoisotopic (exact) mass is 291 g/mol. The molecule has 20 heavy (non-hydrogen) atoms. The quantitative estimate of drug-likeness (QED) is 0.944. The molecule has 1 aliphatic heterocycles. The molecule has 0 aromatic carbocycles. The van der Waals surface area contributed by atoms with Crippen LogP contribution in [0.25, 0.3) is 5.65 Å². The first-order valence-electron chi connectivity index (χ1n) is 7.11. The fourth-order valence-electron chi connectivity index (χ4n) is 2.78. The van der Waals surface area contributed by atoms with Crippen molar-refractivity contribution in [1.82, 2.24) is 14.7 Å². The summed E-state index contributed by atoms with van der Waals surface area (Å²) >= 11 is 5.90. The molecule has 1 N–H and O–H groups in total. The van der Waals surface area contributed by atoms with E-state index in [0.29, 0.717) is 10.7 Å². The Hall–Kier alpha value is -1.39. The van der Waals surface area contributed by atoms with Gasteiger partial charge >= 0.3 is 0 Å². The van der Waals surface area contributed by atoms with Crippen molar-refractivity contribution < 1.29 is 0 Å². The molecule has 2 aromatic rings. The zero-order valence-corrected chi connectivity index (χ0v) is 12.1. The topological polar surface area (TPSA) is 46.4 Å². The summed E-state index contributed by atoms with van der Waals surface area (Å²) in [7, 11) is 0. The molecule has 2 aromatic heterocycles. The second-order valence-corrected chi connectivity index (χ2v) is 5.83. The summed E-state index contributed by atoms with van der Waals surface area (Å²) < 4.78 is 1.50. The van der Waals surface area contributed by atoms with E-state index in [1.807, 2.05) is 0 Å². The molecule has 1 saturated heterocycles. The standard InChI is InChI=1S/C15H18ClN3O/c16-12-2-4-14-18-13(9-15(20)19(14)10-12)3-1-11-5-7-17-8-6-11/h2,4,9-11,17H,1,3,5-8H2. The van der Waals surface area contributed by atoms with Gasteiger partial charge in [0.15, 0.2) is 0 Å². The zero-order chi connectivity index (χ0) is 13.9. The molecule has 3 rings (SSSR count). The summed E-state index contributed by atoms with van der Waals surface area (Å²) in [6.07, 6.45) is 6.05. The number of hydrogen-bond donors (Lipinski definition) is 1. The molecule has 1 fully saturated rings. The van der Waals surface area contributed by atoms with Gasteiger partial charge in [-0.3, -0.25) is 9.20 Å². The van der Waals surface area contributed by atoms with Crippen LogP contribution in [-0.4, -0.2) is 22.5 Å². The van der Waals surface area contributed by atoms with Gasteiger partial charge in [0.05, 0.1) is 5.02 Å². The molecule has 0 aliphatic carbocycles. The van der Waals surface area contributed by atoms with E-state index >= 15 is 0 Å². The lowest BCUT2D eigenvalue weighted by atomic mass is 9.92. The molecule has 0 unspecified atom stereocenters. The number of pyridine rings is 1. The predicted octanol–water partition coefficient (Wildman–Crippen LogP) is 2.28. The van der Waals surface area contributed by atoms with E-state index in [2.05, 4.69) is 10.3 Å². The Labute approximate surface area is 122 Å². The summed E-state index contributed by atoms with van der Waals surface area (Å²) in [6, 6.07) is 5.18. The minimum absolute atomic E-state index is 0.0576. The minimum atomic E-state index is -0.0576. The fraction of sp³-hybridized carbons (Fsp3) is 0.467. The van der Waals surface area contributed by atoms with Crippen LogP contribution in [0.1, 0.15) is 25.0 Å². The highest BCUT2D eigenvalue weighted by Gasteiger charge is 2.13. The molecule has 0 amide bonds. The summed E-state index contributed by atoms with van der Waals surface area (Å²) in [4.78, 5) is 16.6. The molecular weight excluding hydrogens is 274 g/mol. The molecule has 106 valence electrons. The molecule has 3 heterocycles. The average Bonchev–Trinajstić information content (AvgIpc) is 2.47. The van der Waals surface area contributed by atoms with Gasteiger partial charge in [-0.25, -0.2) is 4.98 Å². The molecule has 5 heteroatoms. The maximum atomic E-state index is 12.1. The van der Waals surface area contributed by atoms with Crippen molar-refractivity contribution in [1.29, 1.82) is 0 Å². The van der Waals surface area contributed by atoms with Gasteiger partial charge in [-0.15, -0.1) is 0 Å². The third-order valence-corrected chi connectivity index (χ3v) is 4.17.